The van der Waals surface area contributed by atoms with Crippen molar-refractivity contribution in [2.24, 2.45) is 0 Å². The van der Waals surface area contributed by atoms with Gasteiger partial charge in [-0.2, -0.15) is 0 Å². The molecule has 5 heteroatoms. The van der Waals surface area contributed by atoms with Crippen molar-refractivity contribution < 1.29 is 9.59 Å². The number of carbonyl (C=O) groups is 2. The quantitative estimate of drug-likeness (QED) is 0.580. The maximum atomic E-state index is 13.2. The van der Waals surface area contributed by atoms with E-state index in [1.165, 1.54) is 11.1 Å². The Hall–Kier alpha value is -3.44. The van der Waals surface area contributed by atoms with Crippen LogP contribution < -0.4 is 16.0 Å². The zero-order chi connectivity index (χ0) is 21.6. The smallest absolute Gasteiger partial charge is 0.247 e. The lowest BCUT2D eigenvalue weighted by atomic mass is 9.95. The predicted molar refractivity (Wildman–Crippen MR) is 121 cm³/mol. The molecule has 3 aromatic rings. The SMILES string of the molecule is C[C@@H](NC(=O)[C@H](NC(=O)[C@H]1Cc2ccccc2CN1)c1ccccc1)c1ccccc1. The van der Waals surface area contributed by atoms with Gasteiger partial charge in [-0.1, -0.05) is 84.9 Å². The third-order valence-corrected chi connectivity index (χ3v) is 5.74. The molecule has 2 amide bonds. The maximum absolute atomic E-state index is 13.2. The first-order valence-corrected chi connectivity index (χ1v) is 10.6. The molecular formula is C26H27N3O2. The molecule has 5 nitrogen and oxygen atoms in total. The summed E-state index contributed by atoms with van der Waals surface area (Å²) in [5.74, 6) is -0.405. The maximum Gasteiger partial charge on any atom is 0.247 e. The van der Waals surface area contributed by atoms with E-state index in [-0.39, 0.29) is 23.9 Å². The first kappa shape index (κ1) is 20.8. The Labute approximate surface area is 182 Å². The van der Waals surface area contributed by atoms with Crippen LogP contribution >= 0.6 is 0 Å². The van der Waals surface area contributed by atoms with Crippen LogP contribution in [0.1, 0.15) is 41.3 Å². The van der Waals surface area contributed by atoms with Gasteiger partial charge in [0, 0.05) is 6.54 Å². The van der Waals surface area contributed by atoms with Gasteiger partial charge in [0.1, 0.15) is 6.04 Å². The molecule has 1 aliphatic rings. The van der Waals surface area contributed by atoms with Gasteiger partial charge in [0.25, 0.3) is 0 Å². The third-order valence-electron chi connectivity index (χ3n) is 5.74. The predicted octanol–water partition coefficient (Wildman–Crippen LogP) is 3.44. The van der Waals surface area contributed by atoms with Gasteiger partial charge in [-0.25, -0.2) is 0 Å². The van der Waals surface area contributed by atoms with Crippen LogP contribution in [0.4, 0.5) is 0 Å². The molecule has 0 saturated heterocycles. The highest BCUT2D eigenvalue weighted by molar-refractivity contribution is 5.91. The minimum atomic E-state index is -0.765. The van der Waals surface area contributed by atoms with Gasteiger partial charge in [0.2, 0.25) is 11.8 Å². The highest BCUT2D eigenvalue weighted by Crippen LogP contribution is 2.20. The second kappa shape index (κ2) is 9.58. The summed E-state index contributed by atoms with van der Waals surface area (Å²) in [5, 5.41) is 9.32. The standard InChI is InChI=1S/C26H27N3O2/c1-18(19-10-4-2-5-11-19)28-26(31)24(20-12-6-3-7-13-20)29-25(30)23-16-21-14-8-9-15-22(21)17-27-23/h2-15,18,23-24,27H,16-17H2,1H3,(H,28,31)(H,29,30)/t18-,23-,24-/m1/s1. The molecule has 0 spiro atoms. The van der Waals surface area contributed by atoms with E-state index in [2.05, 4.69) is 28.1 Å². The Balaban J connectivity index is 1.49. The summed E-state index contributed by atoms with van der Waals surface area (Å²) in [6.07, 6.45) is 0.603. The van der Waals surface area contributed by atoms with Crippen LogP contribution in [0, 0.1) is 0 Å². The molecule has 3 N–H and O–H groups in total. The normalized spacial score (nSPS) is 17.1. The summed E-state index contributed by atoms with van der Waals surface area (Å²) in [6.45, 7) is 2.58. The summed E-state index contributed by atoms with van der Waals surface area (Å²) < 4.78 is 0. The van der Waals surface area contributed by atoms with Gasteiger partial charge < -0.3 is 16.0 Å². The van der Waals surface area contributed by atoms with E-state index >= 15 is 0 Å². The summed E-state index contributed by atoms with van der Waals surface area (Å²) >= 11 is 0. The molecule has 3 atom stereocenters. The van der Waals surface area contributed by atoms with E-state index in [0.29, 0.717) is 13.0 Å². The summed E-state index contributed by atoms with van der Waals surface area (Å²) in [7, 11) is 0. The van der Waals surface area contributed by atoms with E-state index in [1.54, 1.807) is 0 Å². The zero-order valence-corrected chi connectivity index (χ0v) is 17.5. The van der Waals surface area contributed by atoms with Crippen LogP contribution in [0.2, 0.25) is 0 Å². The lowest BCUT2D eigenvalue weighted by Gasteiger charge is -2.28. The molecule has 1 aliphatic heterocycles. The van der Waals surface area contributed by atoms with Crippen LogP contribution in [0.15, 0.2) is 84.9 Å². The number of amides is 2. The van der Waals surface area contributed by atoms with Crippen molar-refractivity contribution in [1.82, 2.24) is 16.0 Å². The number of nitrogens with one attached hydrogen (secondary N) is 3. The largest absolute Gasteiger partial charge is 0.347 e. The van der Waals surface area contributed by atoms with Crippen LogP contribution in [0.25, 0.3) is 0 Å². The Morgan fingerprint density at radius 1 is 0.806 bits per heavy atom. The molecule has 0 bridgehead atoms. The Kier molecular flexibility index (Phi) is 6.43. The Morgan fingerprint density at radius 2 is 1.39 bits per heavy atom. The molecule has 0 aliphatic carbocycles. The number of benzene rings is 3. The van der Waals surface area contributed by atoms with Gasteiger partial charge in [-0.05, 0) is 35.6 Å². The van der Waals surface area contributed by atoms with E-state index in [4.69, 9.17) is 0 Å². The lowest BCUT2D eigenvalue weighted by Crippen LogP contribution is -2.51. The Morgan fingerprint density at radius 3 is 2.06 bits per heavy atom. The number of fused-ring (bicyclic) bond motifs is 1. The van der Waals surface area contributed by atoms with Crippen molar-refractivity contribution in [1.29, 1.82) is 0 Å². The van der Waals surface area contributed by atoms with Gasteiger partial charge in [0.15, 0.2) is 0 Å². The molecular weight excluding hydrogens is 386 g/mol. The fourth-order valence-electron chi connectivity index (χ4n) is 3.95. The minimum Gasteiger partial charge on any atom is -0.347 e. The molecule has 0 fully saturated rings. The van der Waals surface area contributed by atoms with Crippen molar-refractivity contribution >= 4 is 11.8 Å². The lowest BCUT2D eigenvalue weighted by molar-refractivity contribution is -0.130. The van der Waals surface area contributed by atoms with Gasteiger partial charge in [-0.3, -0.25) is 9.59 Å². The number of carbonyl (C=O) groups excluding carboxylic acids is 2. The number of rotatable bonds is 6. The van der Waals surface area contributed by atoms with Gasteiger partial charge in [0.05, 0.1) is 12.1 Å². The Bertz CT molecular complexity index is 1040. The van der Waals surface area contributed by atoms with E-state index in [9.17, 15) is 9.59 Å². The zero-order valence-electron chi connectivity index (χ0n) is 17.5. The van der Waals surface area contributed by atoms with Gasteiger partial charge in [-0.15, -0.1) is 0 Å². The second-order valence-electron chi connectivity index (χ2n) is 7.90. The molecule has 1 heterocycles. The fourth-order valence-corrected chi connectivity index (χ4v) is 3.95. The monoisotopic (exact) mass is 413 g/mol. The van der Waals surface area contributed by atoms with Crippen molar-refractivity contribution in [3.05, 3.63) is 107 Å². The molecule has 0 aromatic heterocycles. The average Bonchev–Trinajstić information content (AvgIpc) is 2.83. The summed E-state index contributed by atoms with van der Waals surface area (Å²) in [4.78, 5) is 26.3. The third kappa shape index (κ3) is 5.01. The molecule has 3 aromatic carbocycles. The molecule has 0 radical (unpaired) electrons. The van der Waals surface area contributed by atoms with E-state index in [1.807, 2.05) is 79.7 Å². The molecule has 31 heavy (non-hydrogen) atoms. The van der Waals surface area contributed by atoms with Gasteiger partial charge >= 0.3 is 0 Å². The van der Waals surface area contributed by atoms with Crippen molar-refractivity contribution in [3.63, 3.8) is 0 Å². The summed E-state index contributed by atoms with van der Waals surface area (Å²) in [6, 6.07) is 26.0. The molecule has 158 valence electrons. The first-order valence-electron chi connectivity index (χ1n) is 10.6. The fraction of sp³-hybridized carbons (Fsp3) is 0.231. The van der Waals surface area contributed by atoms with E-state index < -0.39 is 6.04 Å². The van der Waals surface area contributed by atoms with Crippen LogP contribution in [0.5, 0.6) is 0 Å². The van der Waals surface area contributed by atoms with Crippen LogP contribution in [0.3, 0.4) is 0 Å². The second-order valence-corrected chi connectivity index (χ2v) is 7.90. The highest BCUT2D eigenvalue weighted by atomic mass is 16.2. The van der Waals surface area contributed by atoms with Crippen LogP contribution in [-0.2, 0) is 22.6 Å². The van der Waals surface area contributed by atoms with Crippen molar-refractivity contribution in [2.45, 2.75) is 38.0 Å². The average molecular weight is 414 g/mol. The topological polar surface area (TPSA) is 70.2 Å². The molecule has 0 unspecified atom stereocenters. The first-order chi connectivity index (χ1) is 15.1. The number of hydrogen-bond acceptors (Lipinski definition) is 3. The van der Waals surface area contributed by atoms with Crippen molar-refractivity contribution in [2.75, 3.05) is 0 Å². The van der Waals surface area contributed by atoms with E-state index in [0.717, 1.165) is 11.1 Å². The minimum absolute atomic E-state index is 0.170. The summed E-state index contributed by atoms with van der Waals surface area (Å²) in [5.41, 5.74) is 4.14. The van der Waals surface area contributed by atoms with Crippen molar-refractivity contribution in [3.8, 4) is 0 Å². The molecule has 4 rings (SSSR count). The highest BCUT2D eigenvalue weighted by Gasteiger charge is 2.29. The molecule has 0 saturated carbocycles. The number of hydrogen-bond donors (Lipinski definition) is 3. The van der Waals surface area contributed by atoms with Crippen LogP contribution in [-0.4, -0.2) is 17.9 Å².